The highest BCUT2D eigenvalue weighted by Crippen LogP contribution is 2.36. The van der Waals surface area contributed by atoms with Crippen LogP contribution in [-0.4, -0.2) is 40.6 Å². The molecule has 17 heavy (non-hydrogen) atoms. The van der Waals surface area contributed by atoms with Crippen LogP contribution >= 0.6 is 0 Å². The largest absolute Gasteiger partial charge is 0.481 e. The van der Waals surface area contributed by atoms with Crippen molar-refractivity contribution in [3.05, 3.63) is 11.3 Å². The van der Waals surface area contributed by atoms with Crippen molar-refractivity contribution in [1.29, 1.82) is 0 Å². The number of methoxy groups -OCH3 is 1. The maximum Gasteiger partial charge on any atom is 0.321 e. The second kappa shape index (κ2) is 4.37. The zero-order chi connectivity index (χ0) is 12.6. The molecule has 1 saturated heterocycles. The molecule has 6 heteroatoms. The Labute approximate surface area is 99.6 Å². The molecule has 2 rings (SSSR count). The average molecular weight is 239 g/mol. The van der Waals surface area contributed by atoms with Gasteiger partial charge in [-0.25, -0.2) is 4.68 Å². The summed E-state index contributed by atoms with van der Waals surface area (Å²) in [5.74, 6) is -0.239. The summed E-state index contributed by atoms with van der Waals surface area (Å²) in [6.45, 7) is 2.59. The fraction of sp³-hybridized carbons (Fsp3) is 0.636. The molecule has 0 aromatic carbocycles. The summed E-state index contributed by atoms with van der Waals surface area (Å²) in [5, 5.41) is 16.5. The van der Waals surface area contributed by atoms with E-state index in [1.165, 1.54) is 0 Å². The first-order valence-electron chi connectivity index (χ1n) is 5.60. The van der Waals surface area contributed by atoms with E-state index in [-0.39, 0.29) is 5.92 Å². The maximum atomic E-state index is 11.2. The molecular formula is C11H17N3O3. The monoisotopic (exact) mass is 239 g/mol. The van der Waals surface area contributed by atoms with E-state index in [1.807, 2.05) is 6.92 Å². The number of nitrogens with zero attached hydrogens (tertiary/aromatic N) is 2. The van der Waals surface area contributed by atoms with Gasteiger partial charge in [0.25, 0.3) is 0 Å². The van der Waals surface area contributed by atoms with Crippen molar-refractivity contribution in [3.63, 3.8) is 0 Å². The van der Waals surface area contributed by atoms with E-state index < -0.39 is 12.0 Å². The van der Waals surface area contributed by atoms with Crippen LogP contribution in [0.2, 0.25) is 0 Å². The van der Waals surface area contributed by atoms with Crippen molar-refractivity contribution in [2.45, 2.75) is 25.3 Å². The quantitative estimate of drug-likeness (QED) is 0.791. The first-order chi connectivity index (χ1) is 8.06. The van der Waals surface area contributed by atoms with E-state index in [0.29, 0.717) is 12.4 Å². The van der Waals surface area contributed by atoms with Gasteiger partial charge in [-0.15, -0.1) is 0 Å². The minimum absolute atomic E-state index is 0.0730. The lowest BCUT2D eigenvalue weighted by Crippen LogP contribution is -2.34. The number of hydrogen-bond donors (Lipinski definition) is 2. The molecule has 0 amide bonds. The molecule has 1 aliphatic rings. The molecule has 2 atom stereocenters. The fourth-order valence-electron chi connectivity index (χ4n) is 2.60. The standard InChI is InChI=1S/C11H17N3O3/c1-6-8(10(17-3)14(2)13-6)7-4-5-12-9(7)11(15)16/h7,9,12H,4-5H2,1-3H3,(H,15,16). The molecule has 2 unspecified atom stereocenters. The third-order valence-electron chi connectivity index (χ3n) is 3.27. The predicted octanol–water partition coefficient (Wildman–Crippen LogP) is 0.267. The summed E-state index contributed by atoms with van der Waals surface area (Å²) in [7, 11) is 3.38. The molecular weight excluding hydrogens is 222 g/mol. The molecule has 1 aromatic rings. The molecule has 0 spiro atoms. The summed E-state index contributed by atoms with van der Waals surface area (Å²) in [6.07, 6.45) is 0.792. The summed E-state index contributed by atoms with van der Waals surface area (Å²) in [4.78, 5) is 11.2. The van der Waals surface area contributed by atoms with Crippen LogP contribution in [0.5, 0.6) is 5.88 Å². The summed E-state index contributed by atoms with van der Waals surface area (Å²) in [6, 6.07) is -0.549. The van der Waals surface area contributed by atoms with E-state index >= 15 is 0 Å². The van der Waals surface area contributed by atoms with Gasteiger partial charge in [0.15, 0.2) is 0 Å². The number of nitrogens with one attached hydrogen (secondary N) is 1. The minimum atomic E-state index is -0.821. The molecule has 1 aliphatic heterocycles. The first-order valence-corrected chi connectivity index (χ1v) is 5.60. The third kappa shape index (κ3) is 1.88. The number of carboxylic acids is 1. The molecule has 0 bridgehead atoms. The van der Waals surface area contributed by atoms with Crippen LogP contribution in [0, 0.1) is 6.92 Å². The molecule has 1 fully saturated rings. The van der Waals surface area contributed by atoms with Crippen molar-refractivity contribution >= 4 is 5.97 Å². The first kappa shape index (κ1) is 11.9. The highest BCUT2D eigenvalue weighted by Gasteiger charge is 2.37. The van der Waals surface area contributed by atoms with Crippen LogP contribution in [0.4, 0.5) is 0 Å². The Morgan fingerprint density at radius 3 is 2.94 bits per heavy atom. The van der Waals surface area contributed by atoms with Crippen LogP contribution in [0.15, 0.2) is 0 Å². The molecule has 1 aromatic heterocycles. The Bertz CT molecular complexity index is 441. The molecule has 2 heterocycles. The van der Waals surface area contributed by atoms with Crippen molar-refractivity contribution in [2.75, 3.05) is 13.7 Å². The number of carboxylic acid groups (broad SMARTS) is 1. The molecule has 0 aliphatic carbocycles. The van der Waals surface area contributed by atoms with Crippen molar-refractivity contribution < 1.29 is 14.6 Å². The second-order valence-electron chi connectivity index (χ2n) is 4.30. The van der Waals surface area contributed by atoms with Crippen LogP contribution in [-0.2, 0) is 11.8 Å². The summed E-state index contributed by atoms with van der Waals surface area (Å²) >= 11 is 0. The zero-order valence-electron chi connectivity index (χ0n) is 10.2. The smallest absolute Gasteiger partial charge is 0.321 e. The lowest BCUT2D eigenvalue weighted by molar-refractivity contribution is -0.139. The van der Waals surface area contributed by atoms with Crippen molar-refractivity contribution in [1.82, 2.24) is 15.1 Å². The van der Waals surface area contributed by atoms with E-state index in [1.54, 1.807) is 18.8 Å². The van der Waals surface area contributed by atoms with Crippen LogP contribution in [0.25, 0.3) is 0 Å². The Hall–Kier alpha value is -1.56. The van der Waals surface area contributed by atoms with E-state index in [9.17, 15) is 9.90 Å². The molecule has 94 valence electrons. The van der Waals surface area contributed by atoms with Gasteiger partial charge in [-0.05, 0) is 19.9 Å². The number of ether oxygens (including phenoxy) is 1. The Kier molecular flexibility index (Phi) is 3.06. The average Bonchev–Trinajstić information content (AvgIpc) is 2.81. The summed E-state index contributed by atoms with van der Waals surface area (Å²) in [5.41, 5.74) is 1.75. The van der Waals surface area contributed by atoms with E-state index in [4.69, 9.17) is 4.74 Å². The SMILES string of the molecule is COc1c(C2CCNC2C(=O)O)c(C)nn1C. The van der Waals surface area contributed by atoms with E-state index in [2.05, 4.69) is 10.4 Å². The summed E-state index contributed by atoms with van der Waals surface area (Å²) < 4.78 is 6.97. The normalized spacial score (nSPS) is 23.9. The van der Waals surface area contributed by atoms with Gasteiger partial charge in [0.05, 0.1) is 12.8 Å². The second-order valence-corrected chi connectivity index (χ2v) is 4.30. The van der Waals surface area contributed by atoms with Gasteiger partial charge in [0, 0.05) is 18.5 Å². The van der Waals surface area contributed by atoms with Gasteiger partial charge in [-0.1, -0.05) is 0 Å². The zero-order valence-corrected chi connectivity index (χ0v) is 10.2. The highest BCUT2D eigenvalue weighted by molar-refractivity contribution is 5.76. The highest BCUT2D eigenvalue weighted by atomic mass is 16.5. The molecule has 0 saturated carbocycles. The number of aromatic nitrogens is 2. The third-order valence-corrected chi connectivity index (χ3v) is 3.27. The van der Waals surface area contributed by atoms with Crippen LogP contribution in [0.3, 0.4) is 0 Å². The van der Waals surface area contributed by atoms with Crippen LogP contribution in [0.1, 0.15) is 23.6 Å². The lowest BCUT2D eigenvalue weighted by Gasteiger charge is -2.16. The van der Waals surface area contributed by atoms with Crippen molar-refractivity contribution in [3.8, 4) is 5.88 Å². The van der Waals surface area contributed by atoms with Gasteiger partial charge >= 0.3 is 5.97 Å². The molecule has 0 radical (unpaired) electrons. The van der Waals surface area contributed by atoms with Gasteiger partial charge in [-0.3, -0.25) is 4.79 Å². The minimum Gasteiger partial charge on any atom is -0.481 e. The Morgan fingerprint density at radius 2 is 2.35 bits per heavy atom. The van der Waals surface area contributed by atoms with Gasteiger partial charge in [-0.2, -0.15) is 5.10 Å². The fourth-order valence-corrected chi connectivity index (χ4v) is 2.60. The van der Waals surface area contributed by atoms with Crippen LogP contribution < -0.4 is 10.1 Å². The number of carbonyl (C=O) groups is 1. The molecule has 2 N–H and O–H groups in total. The number of aryl methyl sites for hydroxylation is 2. The molecule has 6 nitrogen and oxygen atoms in total. The number of aliphatic carboxylic acids is 1. The van der Waals surface area contributed by atoms with E-state index in [0.717, 1.165) is 17.7 Å². The van der Waals surface area contributed by atoms with Gasteiger partial charge in [0.1, 0.15) is 6.04 Å². The lowest BCUT2D eigenvalue weighted by atomic mass is 9.92. The Balaban J connectivity index is 2.42. The number of hydrogen-bond acceptors (Lipinski definition) is 4. The maximum absolute atomic E-state index is 11.2. The van der Waals surface area contributed by atoms with Gasteiger partial charge in [0.2, 0.25) is 5.88 Å². The number of rotatable bonds is 3. The van der Waals surface area contributed by atoms with Gasteiger partial charge < -0.3 is 15.2 Å². The Morgan fingerprint density at radius 1 is 1.65 bits per heavy atom. The van der Waals surface area contributed by atoms with Crippen molar-refractivity contribution in [2.24, 2.45) is 7.05 Å². The predicted molar refractivity (Wildman–Crippen MR) is 61.3 cm³/mol. The topological polar surface area (TPSA) is 76.4 Å².